The van der Waals surface area contributed by atoms with Crippen molar-refractivity contribution in [2.75, 3.05) is 6.54 Å². The first-order chi connectivity index (χ1) is 11.2. The van der Waals surface area contributed by atoms with Gasteiger partial charge in [0.2, 0.25) is 0 Å². The quantitative estimate of drug-likeness (QED) is 0.693. The minimum atomic E-state index is -0.531. The highest BCUT2D eigenvalue weighted by Gasteiger charge is 2.33. The summed E-state index contributed by atoms with van der Waals surface area (Å²) < 4.78 is 7.07. The molecule has 1 aliphatic heterocycles. The second-order valence-electron chi connectivity index (χ2n) is 6.93. The topological polar surface area (TPSA) is 59.7 Å². The molecule has 6 nitrogen and oxygen atoms in total. The molecule has 0 bridgehead atoms. The van der Waals surface area contributed by atoms with Crippen molar-refractivity contribution >= 4 is 34.9 Å². The predicted molar refractivity (Wildman–Crippen MR) is 92.5 cm³/mol. The van der Waals surface area contributed by atoms with Crippen LogP contribution >= 0.6 is 23.2 Å². The SMILES string of the molecule is CC(C)(C)OC(=O)N1CCCC[C@H]1c1cc2nc(Cl)cc(Cl)n2n1. The smallest absolute Gasteiger partial charge is 0.410 e. The summed E-state index contributed by atoms with van der Waals surface area (Å²) >= 11 is 12.1. The van der Waals surface area contributed by atoms with Gasteiger partial charge in [-0.15, -0.1) is 0 Å². The number of piperidine rings is 1. The van der Waals surface area contributed by atoms with Gasteiger partial charge in [-0.05, 0) is 40.0 Å². The number of likely N-dealkylation sites (tertiary alicyclic amines) is 1. The van der Waals surface area contributed by atoms with Gasteiger partial charge >= 0.3 is 6.09 Å². The molecule has 1 fully saturated rings. The van der Waals surface area contributed by atoms with Crippen LogP contribution in [0.3, 0.4) is 0 Å². The Labute approximate surface area is 150 Å². The third kappa shape index (κ3) is 3.59. The molecule has 24 heavy (non-hydrogen) atoms. The number of hydrogen-bond donors (Lipinski definition) is 0. The van der Waals surface area contributed by atoms with Gasteiger partial charge < -0.3 is 4.74 Å². The summed E-state index contributed by atoms with van der Waals surface area (Å²) in [6, 6.07) is 3.22. The molecule has 2 aromatic rings. The number of ether oxygens (including phenoxy) is 1. The van der Waals surface area contributed by atoms with E-state index in [1.165, 1.54) is 4.52 Å². The van der Waals surface area contributed by atoms with Crippen molar-refractivity contribution in [2.45, 2.75) is 51.7 Å². The fraction of sp³-hybridized carbons (Fsp3) is 0.562. The second kappa shape index (κ2) is 6.41. The molecular weight excluding hydrogens is 351 g/mol. The summed E-state index contributed by atoms with van der Waals surface area (Å²) in [5.41, 5.74) is 0.783. The Morgan fingerprint density at radius 1 is 1.29 bits per heavy atom. The molecule has 1 atom stereocenters. The monoisotopic (exact) mass is 370 g/mol. The highest BCUT2D eigenvalue weighted by Crippen LogP contribution is 2.32. The molecule has 0 aliphatic carbocycles. The van der Waals surface area contributed by atoms with Gasteiger partial charge in [0.05, 0.1) is 11.7 Å². The van der Waals surface area contributed by atoms with Gasteiger partial charge in [0.15, 0.2) is 5.65 Å². The largest absolute Gasteiger partial charge is 0.444 e. The van der Waals surface area contributed by atoms with E-state index in [-0.39, 0.29) is 12.1 Å². The number of amides is 1. The number of carbonyl (C=O) groups excluding carboxylic acids is 1. The molecule has 0 spiro atoms. The third-order valence-corrected chi connectivity index (χ3v) is 4.31. The third-order valence-electron chi connectivity index (χ3n) is 3.84. The predicted octanol–water partition coefficient (Wildman–Crippen LogP) is 4.50. The van der Waals surface area contributed by atoms with Crippen molar-refractivity contribution in [3.8, 4) is 0 Å². The Kier molecular flexibility index (Phi) is 4.62. The summed E-state index contributed by atoms with van der Waals surface area (Å²) in [5, 5.41) is 5.22. The minimum Gasteiger partial charge on any atom is -0.444 e. The minimum absolute atomic E-state index is 0.148. The average molecular weight is 371 g/mol. The first kappa shape index (κ1) is 17.3. The molecule has 0 N–H and O–H groups in total. The molecule has 2 aromatic heterocycles. The molecule has 0 unspecified atom stereocenters. The van der Waals surface area contributed by atoms with Gasteiger partial charge in [0.25, 0.3) is 0 Å². The van der Waals surface area contributed by atoms with E-state index in [1.54, 1.807) is 11.0 Å². The van der Waals surface area contributed by atoms with Gasteiger partial charge in [-0.2, -0.15) is 5.10 Å². The van der Waals surface area contributed by atoms with Crippen LogP contribution in [-0.2, 0) is 4.74 Å². The van der Waals surface area contributed by atoms with Crippen LogP contribution in [0.1, 0.15) is 51.8 Å². The van der Waals surface area contributed by atoms with E-state index < -0.39 is 5.60 Å². The van der Waals surface area contributed by atoms with Gasteiger partial charge in [-0.25, -0.2) is 14.3 Å². The van der Waals surface area contributed by atoms with E-state index in [2.05, 4.69) is 10.1 Å². The lowest BCUT2D eigenvalue weighted by Gasteiger charge is -2.35. The van der Waals surface area contributed by atoms with Crippen molar-refractivity contribution in [1.82, 2.24) is 19.5 Å². The number of nitrogens with zero attached hydrogens (tertiary/aromatic N) is 4. The van der Waals surface area contributed by atoms with Crippen molar-refractivity contribution in [2.24, 2.45) is 0 Å². The summed E-state index contributed by atoms with van der Waals surface area (Å²) in [6.07, 6.45) is 2.49. The lowest BCUT2D eigenvalue weighted by molar-refractivity contribution is 0.00898. The number of hydrogen-bond acceptors (Lipinski definition) is 4. The molecule has 0 saturated carbocycles. The summed E-state index contributed by atoms with van der Waals surface area (Å²) in [6.45, 7) is 6.23. The van der Waals surface area contributed by atoms with Gasteiger partial charge in [-0.1, -0.05) is 23.2 Å². The van der Waals surface area contributed by atoms with Crippen LogP contribution in [0.15, 0.2) is 12.1 Å². The number of halogens is 2. The first-order valence-electron chi connectivity index (χ1n) is 7.96. The van der Waals surface area contributed by atoms with Crippen LogP contribution in [0.2, 0.25) is 10.3 Å². The molecule has 0 radical (unpaired) electrons. The zero-order valence-corrected chi connectivity index (χ0v) is 15.4. The van der Waals surface area contributed by atoms with E-state index >= 15 is 0 Å². The van der Waals surface area contributed by atoms with Crippen molar-refractivity contribution in [1.29, 1.82) is 0 Å². The van der Waals surface area contributed by atoms with Crippen LogP contribution in [0.4, 0.5) is 4.79 Å². The van der Waals surface area contributed by atoms with Gasteiger partial charge in [0, 0.05) is 18.7 Å². The maximum atomic E-state index is 12.5. The van der Waals surface area contributed by atoms with Crippen LogP contribution < -0.4 is 0 Å². The lowest BCUT2D eigenvalue weighted by atomic mass is 10.00. The number of carbonyl (C=O) groups is 1. The summed E-state index contributed by atoms with van der Waals surface area (Å²) in [4.78, 5) is 18.5. The molecule has 3 heterocycles. The van der Waals surface area contributed by atoms with Crippen LogP contribution in [0, 0.1) is 0 Å². The van der Waals surface area contributed by atoms with E-state index in [0.717, 1.165) is 25.0 Å². The second-order valence-corrected chi connectivity index (χ2v) is 7.70. The lowest BCUT2D eigenvalue weighted by Crippen LogP contribution is -2.42. The molecule has 130 valence electrons. The Balaban J connectivity index is 1.93. The molecule has 0 aromatic carbocycles. The zero-order valence-electron chi connectivity index (χ0n) is 13.9. The normalized spacial score (nSPS) is 18.9. The fourth-order valence-electron chi connectivity index (χ4n) is 2.87. The Hall–Kier alpha value is -1.53. The summed E-state index contributed by atoms with van der Waals surface area (Å²) in [7, 11) is 0. The van der Waals surface area contributed by atoms with Crippen LogP contribution in [0.5, 0.6) is 0 Å². The average Bonchev–Trinajstić information content (AvgIpc) is 2.89. The van der Waals surface area contributed by atoms with E-state index in [0.29, 0.717) is 22.5 Å². The van der Waals surface area contributed by atoms with Crippen molar-refractivity contribution in [3.05, 3.63) is 28.1 Å². The van der Waals surface area contributed by atoms with Crippen molar-refractivity contribution < 1.29 is 9.53 Å². The molecule has 3 rings (SSSR count). The highest BCUT2D eigenvalue weighted by atomic mass is 35.5. The standard InChI is InChI=1S/C16H20Cl2N4O2/c1-16(2,3)24-15(23)21-7-5-4-6-11(21)10-8-14-19-12(17)9-13(18)22(14)20-10/h8-9,11H,4-7H2,1-3H3/t11-/m0/s1. The Morgan fingerprint density at radius 3 is 2.75 bits per heavy atom. The number of rotatable bonds is 1. The maximum Gasteiger partial charge on any atom is 0.410 e. The van der Waals surface area contributed by atoms with Gasteiger partial charge in [0.1, 0.15) is 15.9 Å². The van der Waals surface area contributed by atoms with Crippen molar-refractivity contribution in [3.63, 3.8) is 0 Å². The Bertz CT molecular complexity index is 769. The van der Waals surface area contributed by atoms with Crippen LogP contribution in [-0.4, -0.2) is 37.7 Å². The molecular formula is C16H20Cl2N4O2. The van der Waals surface area contributed by atoms with Crippen LogP contribution in [0.25, 0.3) is 5.65 Å². The fourth-order valence-corrected chi connectivity index (χ4v) is 3.34. The summed E-state index contributed by atoms with van der Waals surface area (Å²) in [5.74, 6) is 0. The van der Waals surface area contributed by atoms with Gasteiger partial charge in [-0.3, -0.25) is 4.90 Å². The Morgan fingerprint density at radius 2 is 2.04 bits per heavy atom. The zero-order chi connectivity index (χ0) is 17.5. The highest BCUT2D eigenvalue weighted by molar-refractivity contribution is 6.33. The molecule has 1 aliphatic rings. The first-order valence-corrected chi connectivity index (χ1v) is 8.71. The number of fused-ring (bicyclic) bond motifs is 1. The molecule has 1 amide bonds. The van der Waals surface area contributed by atoms with E-state index in [1.807, 2.05) is 26.8 Å². The maximum absolute atomic E-state index is 12.5. The van der Waals surface area contributed by atoms with E-state index in [4.69, 9.17) is 27.9 Å². The number of aromatic nitrogens is 3. The molecule has 8 heteroatoms. The molecule has 1 saturated heterocycles. The van der Waals surface area contributed by atoms with E-state index in [9.17, 15) is 4.79 Å².